The van der Waals surface area contributed by atoms with Gasteiger partial charge >= 0.3 is 0 Å². The van der Waals surface area contributed by atoms with Crippen molar-refractivity contribution in [3.05, 3.63) is 0 Å². The number of amides is 2. The van der Waals surface area contributed by atoms with Crippen LogP contribution in [0.4, 0.5) is 0 Å². The van der Waals surface area contributed by atoms with E-state index in [4.69, 9.17) is 0 Å². The van der Waals surface area contributed by atoms with E-state index in [-0.39, 0.29) is 23.8 Å². The standard InChI is InChI=1S/C15H25N3O3/c1-8(13-12(9(2)19)14(20)16-13)15(21)18-7-10-4-5-11(18)6-17(10)3/h8-13,19H,4-7H2,1-3H3,(H,16,20)/t8-,9-,10+,11?,12-,13-/m1/s1. The van der Waals surface area contributed by atoms with Crippen molar-refractivity contribution in [2.45, 2.75) is 50.9 Å². The Hall–Kier alpha value is -1.14. The molecule has 0 spiro atoms. The van der Waals surface area contributed by atoms with Crippen molar-refractivity contribution in [3.63, 3.8) is 0 Å². The minimum Gasteiger partial charge on any atom is -0.393 e. The third-order valence-electron chi connectivity index (χ3n) is 5.53. The number of hydrogen-bond acceptors (Lipinski definition) is 4. The molecule has 4 aliphatic rings. The van der Waals surface area contributed by atoms with E-state index < -0.39 is 12.0 Å². The fourth-order valence-electron chi connectivity index (χ4n) is 4.10. The minimum atomic E-state index is -0.706. The maximum atomic E-state index is 12.8. The van der Waals surface area contributed by atoms with Crippen LogP contribution in [0.5, 0.6) is 0 Å². The minimum absolute atomic E-state index is 0.119. The van der Waals surface area contributed by atoms with Gasteiger partial charge in [0.1, 0.15) is 0 Å². The van der Waals surface area contributed by atoms with Crippen LogP contribution in [0.3, 0.4) is 0 Å². The molecule has 6 heteroatoms. The molecule has 4 aliphatic heterocycles. The van der Waals surface area contributed by atoms with Crippen LogP contribution in [0, 0.1) is 11.8 Å². The van der Waals surface area contributed by atoms with Crippen LogP contribution in [0.25, 0.3) is 0 Å². The number of fused-ring (bicyclic) bond motifs is 3. The number of piperidine rings is 2. The summed E-state index contributed by atoms with van der Waals surface area (Å²) >= 11 is 0. The third-order valence-corrected chi connectivity index (χ3v) is 5.53. The van der Waals surface area contributed by atoms with Crippen molar-refractivity contribution in [1.29, 1.82) is 0 Å². The molecule has 0 aliphatic carbocycles. The number of rotatable bonds is 3. The number of likely N-dealkylation sites (N-methyl/N-ethyl adjacent to an activating group) is 1. The summed E-state index contributed by atoms with van der Waals surface area (Å²) < 4.78 is 0. The number of hydrogen-bond donors (Lipinski definition) is 2. The Morgan fingerprint density at radius 1 is 1.29 bits per heavy atom. The Bertz CT molecular complexity index is 453. The molecule has 4 fully saturated rings. The van der Waals surface area contributed by atoms with Crippen LogP contribution in [-0.4, -0.2) is 71.1 Å². The number of nitrogens with zero attached hydrogens (tertiary/aromatic N) is 2. The molecule has 0 saturated carbocycles. The highest BCUT2D eigenvalue weighted by molar-refractivity contribution is 5.90. The van der Waals surface area contributed by atoms with Crippen LogP contribution >= 0.6 is 0 Å². The summed E-state index contributed by atoms with van der Waals surface area (Å²) in [4.78, 5) is 28.7. The molecule has 6 nitrogen and oxygen atoms in total. The molecule has 0 aromatic carbocycles. The van der Waals surface area contributed by atoms with Crippen LogP contribution < -0.4 is 5.32 Å². The highest BCUT2D eigenvalue weighted by Gasteiger charge is 2.49. The van der Waals surface area contributed by atoms with E-state index in [0.717, 1.165) is 25.9 Å². The van der Waals surface area contributed by atoms with E-state index >= 15 is 0 Å². The van der Waals surface area contributed by atoms with Crippen molar-refractivity contribution in [2.24, 2.45) is 11.8 Å². The number of aliphatic hydroxyl groups excluding tert-OH is 1. The first-order valence-corrected chi connectivity index (χ1v) is 7.89. The number of β-lactam (4-membered cyclic amide) rings is 1. The Morgan fingerprint density at radius 3 is 2.43 bits per heavy atom. The fraction of sp³-hybridized carbons (Fsp3) is 0.867. The number of carbonyl (C=O) groups excluding carboxylic acids is 2. The summed E-state index contributed by atoms with van der Waals surface area (Å²) in [6, 6.07) is 0.536. The molecule has 2 bridgehead atoms. The van der Waals surface area contributed by atoms with Gasteiger partial charge in [-0.1, -0.05) is 6.92 Å². The van der Waals surface area contributed by atoms with Gasteiger partial charge in [0.15, 0.2) is 0 Å². The molecule has 4 saturated heterocycles. The van der Waals surface area contributed by atoms with Gasteiger partial charge in [-0.25, -0.2) is 0 Å². The molecule has 0 radical (unpaired) electrons. The maximum absolute atomic E-state index is 12.8. The molecular weight excluding hydrogens is 270 g/mol. The molecule has 118 valence electrons. The first-order chi connectivity index (χ1) is 9.90. The topological polar surface area (TPSA) is 72.9 Å². The molecule has 4 heterocycles. The first kappa shape index (κ1) is 14.8. The Balaban J connectivity index is 1.67. The van der Waals surface area contributed by atoms with Gasteiger partial charge in [-0.15, -0.1) is 0 Å². The van der Waals surface area contributed by atoms with Crippen molar-refractivity contribution < 1.29 is 14.7 Å². The second-order valence-electron chi connectivity index (χ2n) is 6.90. The largest absolute Gasteiger partial charge is 0.393 e. The lowest BCUT2D eigenvalue weighted by Crippen LogP contribution is -2.69. The lowest BCUT2D eigenvalue weighted by atomic mass is 9.77. The second kappa shape index (κ2) is 5.25. The molecule has 2 N–H and O–H groups in total. The van der Waals surface area contributed by atoms with Crippen LogP contribution in [0.1, 0.15) is 26.7 Å². The predicted molar refractivity (Wildman–Crippen MR) is 77.4 cm³/mol. The van der Waals surface area contributed by atoms with Gasteiger partial charge in [0.05, 0.1) is 24.0 Å². The van der Waals surface area contributed by atoms with Crippen molar-refractivity contribution in [3.8, 4) is 0 Å². The average molecular weight is 295 g/mol. The van der Waals surface area contributed by atoms with Gasteiger partial charge in [-0.3, -0.25) is 14.5 Å². The second-order valence-corrected chi connectivity index (χ2v) is 6.90. The Morgan fingerprint density at radius 2 is 1.95 bits per heavy atom. The average Bonchev–Trinajstić information content (AvgIpc) is 2.42. The van der Waals surface area contributed by atoms with E-state index in [2.05, 4.69) is 17.3 Å². The lowest BCUT2D eigenvalue weighted by Gasteiger charge is -2.52. The molecule has 6 atom stereocenters. The normalized spacial score (nSPS) is 38.7. The molecule has 4 rings (SSSR count). The zero-order chi connectivity index (χ0) is 15.3. The van der Waals surface area contributed by atoms with Gasteiger partial charge in [-0.05, 0) is 26.8 Å². The molecule has 21 heavy (non-hydrogen) atoms. The molecule has 0 aromatic rings. The lowest BCUT2D eigenvalue weighted by molar-refractivity contribution is -0.153. The smallest absolute Gasteiger partial charge is 0.228 e. The Labute approximate surface area is 125 Å². The first-order valence-electron chi connectivity index (χ1n) is 7.89. The van der Waals surface area contributed by atoms with Crippen molar-refractivity contribution in [1.82, 2.24) is 15.1 Å². The Kier molecular flexibility index (Phi) is 3.69. The summed E-state index contributed by atoms with van der Waals surface area (Å²) in [6.07, 6.45) is 1.53. The molecule has 0 aromatic heterocycles. The summed E-state index contributed by atoms with van der Waals surface area (Å²) in [6.45, 7) is 5.23. The number of aliphatic hydroxyl groups is 1. The van der Waals surface area contributed by atoms with E-state index in [1.54, 1.807) is 6.92 Å². The monoisotopic (exact) mass is 295 g/mol. The van der Waals surface area contributed by atoms with E-state index in [1.807, 2.05) is 11.8 Å². The maximum Gasteiger partial charge on any atom is 0.228 e. The fourth-order valence-corrected chi connectivity index (χ4v) is 4.10. The summed E-state index contributed by atoms with van der Waals surface area (Å²) in [7, 11) is 2.12. The highest BCUT2D eigenvalue weighted by atomic mass is 16.3. The van der Waals surface area contributed by atoms with Crippen LogP contribution in [0.15, 0.2) is 0 Å². The quantitative estimate of drug-likeness (QED) is 0.684. The summed E-state index contributed by atoms with van der Waals surface area (Å²) in [5.41, 5.74) is 0. The van der Waals surface area contributed by atoms with Gasteiger partial charge in [0, 0.05) is 25.2 Å². The van der Waals surface area contributed by atoms with Crippen LogP contribution in [0.2, 0.25) is 0 Å². The molecule has 2 amide bonds. The van der Waals surface area contributed by atoms with Gasteiger partial charge in [0.25, 0.3) is 0 Å². The van der Waals surface area contributed by atoms with Crippen molar-refractivity contribution in [2.75, 3.05) is 20.1 Å². The number of piperazine rings is 1. The van der Waals surface area contributed by atoms with Gasteiger partial charge in [0.2, 0.25) is 11.8 Å². The highest BCUT2D eigenvalue weighted by Crippen LogP contribution is 2.32. The zero-order valence-electron chi connectivity index (χ0n) is 13.0. The third kappa shape index (κ3) is 2.34. The number of nitrogens with one attached hydrogen (secondary N) is 1. The SMILES string of the molecule is C[C@@H](O)[C@H]1C(=O)N[C@@H]1[C@@H](C)C(=O)N1C[C@@H]2CCC1CN2C. The zero-order valence-corrected chi connectivity index (χ0v) is 13.0. The molecular formula is C15H25N3O3. The van der Waals surface area contributed by atoms with E-state index in [9.17, 15) is 14.7 Å². The summed E-state index contributed by atoms with van der Waals surface area (Å²) in [5, 5.41) is 12.5. The summed E-state index contributed by atoms with van der Waals surface area (Å²) in [5.74, 6) is -0.747. The van der Waals surface area contributed by atoms with Gasteiger partial charge in [-0.2, -0.15) is 0 Å². The van der Waals surface area contributed by atoms with E-state index in [0.29, 0.717) is 12.1 Å². The van der Waals surface area contributed by atoms with Gasteiger partial charge < -0.3 is 15.3 Å². The predicted octanol–water partition coefficient (Wildman–Crippen LogP) is -0.577. The number of carbonyl (C=O) groups is 2. The van der Waals surface area contributed by atoms with E-state index in [1.165, 1.54) is 0 Å². The molecule has 1 unspecified atom stereocenters. The van der Waals surface area contributed by atoms with Crippen LogP contribution in [-0.2, 0) is 9.59 Å². The van der Waals surface area contributed by atoms with Crippen molar-refractivity contribution >= 4 is 11.8 Å².